The van der Waals surface area contributed by atoms with Gasteiger partial charge in [0.05, 0.1) is 5.56 Å². The Morgan fingerprint density at radius 1 is 1.40 bits per heavy atom. The third kappa shape index (κ3) is 1.64. The number of carbonyl (C=O) groups excluding carboxylic acids is 2. The third-order valence-corrected chi connectivity index (χ3v) is 5.04. The van der Waals surface area contributed by atoms with Crippen LogP contribution in [0.3, 0.4) is 0 Å². The lowest BCUT2D eigenvalue weighted by molar-refractivity contribution is -0.00831. The van der Waals surface area contributed by atoms with Crippen molar-refractivity contribution in [1.82, 2.24) is 0 Å². The second-order valence-electron chi connectivity index (χ2n) is 6.50. The first-order valence-electron chi connectivity index (χ1n) is 7.13. The summed E-state index contributed by atoms with van der Waals surface area (Å²) < 4.78 is 10.9. The van der Waals surface area contributed by atoms with Crippen LogP contribution in [0.4, 0.5) is 0 Å². The van der Waals surface area contributed by atoms with Crippen LogP contribution < -0.4 is 0 Å². The van der Waals surface area contributed by atoms with Crippen molar-refractivity contribution in [3.63, 3.8) is 0 Å². The molecule has 108 valence electrons. The number of carbonyl (C=O) groups is 2. The molecule has 0 aromatic carbocycles. The summed E-state index contributed by atoms with van der Waals surface area (Å²) in [6.45, 7) is 6.07. The van der Waals surface area contributed by atoms with Crippen LogP contribution in [0.5, 0.6) is 0 Å². The van der Waals surface area contributed by atoms with Gasteiger partial charge in [0.1, 0.15) is 11.9 Å². The van der Waals surface area contributed by atoms with Crippen LogP contribution in [0.1, 0.15) is 66.0 Å². The molecule has 0 radical (unpaired) electrons. The highest BCUT2D eigenvalue weighted by atomic mass is 16.5. The number of ether oxygens (including phenoxy) is 1. The van der Waals surface area contributed by atoms with E-state index in [1.165, 1.54) is 6.26 Å². The summed E-state index contributed by atoms with van der Waals surface area (Å²) in [6, 6.07) is 0. The van der Waals surface area contributed by atoms with E-state index in [-0.39, 0.29) is 23.4 Å². The standard InChI is InChI=1S/C16H20O4/c1-8(2)9-5-12(17)11-7-20-14-13(11)10(9)6-16(3,19-4)15(14)18/h7-10H,5-6H2,1-4H3/t9-,10-,16-/m0/s1. The molecule has 1 heterocycles. The zero-order valence-electron chi connectivity index (χ0n) is 12.4. The number of furan rings is 1. The Kier molecular flexibility index (Phi) is 2.91. The van der Waals surface area contributed by atoms with Crippen molar-refractivity contribution in [2.75, 3.05) is 7.11 Å². The fourth-order valence-corrected chi connectivity index (χ4v) is 3.69. The highest BCUT2D eigenvalue weighted by molar-refractivity contribution is 6.08. The summed E-state index contributed by atoms with van der Waals surface area (Å²) in [5, 5.41) is 0. The lowest BCUT2D eigenvalue weighted by atomic mass is 9.63. The van der Waals surface area contributed by atoms with Crippen molar-refractivity contribution in [2.45, 2.75) is 45.1 Å². The Morgan fingerprint density at radius 3 is 2.70 bits per heavy atom. The fraction of sp³-hybridized carbons (Fsp3) is 0.625. The predicted molar refractivity (Wildman–Crippen MR) is 73.1 cm³/mol. The van der Waals surface area contributed by atoms with Gasteiger partial charge in [-0.05, 0) is 31.1 Å². The Hall–Kier alpha value is -1.42. The summed E-state index contributed by atoms with van der Waals surface area (Å²) in [4.78, 5) is 24.8. The quantitative estimate of drug-likeness (QED) is 0.832. The third-order valence-electron chi connectivity index (χ3n) is 5.04. The first kappa shape index (κ1) is 13.6. The molecule has 0 fully saturated rings. The second kappa shape index (κ2) is 4.29. The Labute approximate surface area is 118 Å². The molecule has 2 aliphatic rings. The summed E-state index contributed by atoms with van der Waals surface area (Å²) in [6.07, 6.45) is 2.61. The van der Waals surface area contributed by atoms with E-state index in [0.29, 0.717) is 30.1 Å². The van der Waals surface area contributed by atoms with E-state index < -0.39 is 5.60 Å². The number of hydrogen-bond donors (Lipinski definition) is 0. The molecule has 0 amide bonds. The molecule has 0 bridgehead atoms. The Bertz CT molecular complexity index is 583. The van der Waals surface area contributed by atoms with Gasteiger partial charge in [0, 0.05) is 19.1 Å². The zero-order chi connectivity index (χ0) is 14.7. The van der Waals surface area contributed by atoms with Crippen LogP contribution in [0, 0.1) is 11.8 Å². The van der Waals surface area contributed by atoms with Gasteiger partial charge in [0.15, 0.2) is 11.5 Å². The summed E-state index contributed by atoms with van der Waals surface area (Å²) in [5.41, 5.74) is 0.591. The van der Waals surface area contributed by atoms with Gasteiger partial charge < -0.3 is 9.15 Å². The van der Waals surface area contributed by atoms with Crippen molar-refractivity contribution < 1.29 is 18.7 Å². The molecule has 3 rings (SSSR count). The molecule has 0 N–H and O–H groups in total. The SMILES string of the molecule is CO[C@@]1(C)C[C@@H]2c3c(coc3C1=O)C(=O)C[C@H]2C(C)C. The topological polar surface area (TPSA) is 56.5 Å². The minimum absolute atomic E-state index is 0.0961. The van der Waals surface area contributed by atoms with Crippen molar-refractivity contribution >= 4 is 11.6 Å². The van der Waals surface area contributed by atoms with Crippen LogP contribution in [0.25, 0.3) is 0 Å². The molecule has 0 unspecified atom stereocenters. The van der Waals surface area contributed by atoms with E-state index in [1.54, 1.807) is 7.11 Å². The maximum atomic E-state index is 12.5. The summed E-state index contributed by atoms with van der Waals surface area (Å²) in [7, 11) is 1.56. The zero-order valence-corrected chi connectivity index (χ0v) is 12.4. The lowest BCUT2D eigenvalue weighted by Crippen LogP contribution is -2.46. The van der Waals surface area contributed by atoms with Gasteiger partial charge in [0.2, 0.25) is 5.78 Å². The van der Waals surface area contributed by atoms with E-state index in [9.17, 15) is 9.59 Å². The van der Waals surface area contributed by atoms with Crippen LogP contribution in [-0.2, 0) is 4.74 Å². The summed E-state index contributed by atoms with van der Waals surface area (Å²) >= 11 is 0. The maximum Gasteiger partial charge on any atom is 0.229 e. The number of ketones is 2. The minimum atomic E-state index is -0.847. The highest BCUT2D eigenvalue weighted by Gasteiger charge is 2.51. The molecule has 1 aromatic rings. The number of Topliss-reactive ketones (excluding diaryl/α,β-unsaturated/α-hetero) is 2. The van der Waals surface area contributed by atoms with E-state index in [1.807, 2.05) is 6.92 Å². The van der Waals surface area contributed by atoms with E-state index in [4.69, 9.17) is 9.15 Å². The lowest BCUT2D eigenvalue weighted by Gasteiger charge is -2.41. The van der Waals surface area contributed by atoms with E-state index in [2.05, 4.69) is 13.8 Å². The predicted octanol–water partition coefficient (Wildman–Crippen LogP) is 3.21. The first-order chi connectivity index (χ1) is 9.39. The van der Waals surface area contributed by atoms with Gasteiger partial charge in [0.25, 0.3) is 0 Å². The normalized spacial score (nSPS) is 32.6. The molecule has 1 aromatic heterocycles. The van der Waals surface area contributed by atoms with Gasteiger partial charge in [-0.15, -0.1) is 0 Å². The van der Waals surface area contributed by atoms with Crippen LogP contribution in [0.15, 0.2) is 10.7 Å². The van der Waals surface area contributed by atoms with Crippen LogP contribution in [-0.4, -0.2) is 24.3 Å². The van der Waals surface area contributed by atoms with Gasteiger partial charge in [-0.25, -0.2) is 0 Å². The molecular weight excluding hydrogens is 256 g/mol. The first-order valence-corrected chi connectivity index (χ1v) is 7.13. The Balaban J connectivity index is 2.18. The second-order valence-corrected chi connectivity index (χ2v) is 6.50. The molecule has 4 nitrogen and oxygen atoms in total. The van der Waals surface area contributed by atoms with Gasteiger partial charge in [-0.2, -0.15) is 0 Å². The average molecular weight is 276 g/mol. The van der Waals surface area contributed by atoms with Crippen molar-refractivity contribution in [1.29, 1.82) is 0 Å². The smallest absolute Gasteiger partial charge is 0.229 e. The molecule has 2 aliphatic carbocycles. The number of methoxy groups -OCH3 is 1. The van der Waals surface area contributed by atoms with E-state index >= 15 is 0 Å². The van der Waals surface area contributed by atoms with Crippen LogP contribution >= 0.6 is 0 Å². The minimum Gasteiger partial charge on any atom is -0.460 e. The Morgan fingerprint density at radius 2 is 2.10 bits per heavy atom. The molecule has 0 aliphatic heterocycles. The molecule has 4 heteroatoms. The monoisotopic (exact) mass is 276 g/mol. The van der Waals surface area contributed by atoms with Gasteiger partial charge in [-0.3, -0.25) is 9.59 Å². The van der Waals surface area contributed by atoms with Gasteiger partial charge in [-0.1, -0.05) is 13.8 Å². The highest BCUT2D eigenvalue weighted by Crippen LogP contribution is 2.50. The molecular formula is C16H20O4. The molecule has 20 heavy (non-hydrogen) atoms. The molecule has 0 saturated carbocycles. The van der Waals surface area contributed by atoms with E-state index in [0.717, 1.165) is 5.56 Å². The number of hydrogen-bond acceptors (Lipinski definition) is 4. The van der Waals surface area contributed by atoms with Crippen molar-refractivity contribution in [2.24, 2.45) is 11.8 Å². The maximum absolute atomic E-state index is 12.5. The fourth-order valence-electron chi connectivity index (χ4n) is 3.69. The van der Waals surface area contributed by atoms with Crippen LogP contribution in [0.2, 0.25) is 0 Å². The molecule has 0 saturated heterocycles. The van der Waals surface area contributed by atoms with Gasteiger partial charge >= 0.3 is 0 Å². The summed E-state index contributed by atoms with van der Waals surface area (Å²) in [5.74, 6) is 1.08. The van der Waals surface area contributed by atoms with Crippen molar-refractivity contribution in [3.05, 3.63) is 23.2 Å². The largest absolute Gasteiger partial charge is 0.460 e. The molecule has 3 atom stereocenters. The number of rotatable bonds is 2. The average Bonchev–Trinajstić information content (AvgIpc) is 2.85. The molecule has 0 spiro atoms. The van der Waals surface area contributed by atoms with Crippen molar-refractivity contribution in [3.8, 4) is 0 Å².